The molecule has 1 aliphatic heterocycles. The van der Waals surface area contributed by atoms with Gasteiger partial charge in [-0.2, -0.15) is 0 Å². The summed E-state index contributed by atoms with van der Waals surface area (Å²) in [6, 6.07) is 10.8. The van der Waals surface area contributed by atoms with E-state index in [1.165, 1.54) is 0 Å². The van der Waals surface area contributed by atoms with E-state index in [9.17, 15) is 14.7 Å². The quantitative estimate of drug-likeness (QED) is 0.535. The number of rotatable bonds is 6. The maximum Gasteiger partial charge on any atom is 0.275 e. The van der Waals surface area contributed by atoms with E-state index < -0.39 is 6.10 Å². The summed E-state index contributed by atoms with van der Waals surface area (Å²) in [5.41, 5.74) is 1.72. The van der Waals surface area contributed by atoms with E-state index in [1.54, 1.807) is 27.6 Å². The maximum absolute atomic E-state index is 13.2. The van der Waals surface area contributed by atoms with Crippen molar-refractivity contribution in [1.82, 2.24) is 30.0 Å². The average molecular weight is 511 g/mol. The van der Waals surface area contributed by atoms with Gasteiger partial charge in [-0.05, 0) is 13.3 Å². The van der Waals surface area contributed by atoms with Gasteiger partial charge in [0.2, 0.25) is 5.91 Å². The smallest absolute Gasteiger partial charge is 0.275 e. The number of fused-ring (bicyclic) bond motifs is 2. The molecular formula is C26H34N6O5. The largest absolute Gasteiger partial charge is 0.394 e. The van der Waals surface area contributed by atoms with Crippen LogP contribution in [-0.4, -0.2) is 85.8 Å². The standard InChI is InChI=1S/C26H34N6O5/c1-18-13-32(19(2)16-33)25(34)10-7-11-31-14-21(27-29-31)17-36-24(18)15-30(3)26(35)22-12-23(37-28-22)20-8-5-4-6-9-20/h4-6,8-9,12,14,18-19,24,33H,7,10-11,13,15-17H2,1-3H3/t18-,19-,24+/m1/s1. The van der Waals surface area contributed by atoms with Crippen LogP contribution in [0.1, 0.15) is 42.9 Å². The molecule has 0 aliphatic carbocycles. The fraction of sp³-hybridized carbons (Fsp3) is 0.500. The lowest BCUT2D eigenvalue weighted by molar-refractivity contribution is -0.136. The molecule has 37 heavy (non-hydrogen) atoms. The molecule has 11 heteroatoms. The second-order valence-corrected chi connectivity index (χ2v) is 9.61. The minimum atomic E-state index is -0.415. The Morgan fingerprint density at radius 1 is 1.30 bits per heavy atom. The summed E-state index contributed by atoms with van der Waals surface area (Å²) >= 11 is 0. The van der Waals surface area contributed by atoms with Gasteiger partial charge in [0.15, 0.2) is 11.5 Å². The molecule has 0 saturated heterocycles. The van der Waals surface area contributed by atoms with Crippen LogP contribution in [0.2, 0.25) is 0 Å². The SMILES string of the molecule is C[C@@H]1CN([C@H](C)CO)C(=O)CCCn2cc(nn2)CO[C@H]1CN(C)C(=O)c1cc(-c2ccccc2)on1. The number of hydrogen-bond acceptors (Lipinski definition) is 8. The van der Waals surface area contributed by atoms with Crippen LogP contribution in [0.15, 0.2) is 47.1 Å². The molecule has 3 heterocycles. The monoisotopic (exact) mass is 510 g/mol. The maximum atomic E-state index is 13.2. The summed E-state index contributed by atoms with van der Waals surface area (Å²) in [6.07, 6.45) is 2.36. The molecule has 2 bridgehead atoms. The Hall–Kier alpha value is -3.57. The lowest BCUT2D eigenvalue weighted by Gasteiger charge is -2.35. The van der Waals surface area contributed by atoms with Gasteiger partial charge in [-0.3, -0.25) is 14.3 Å². The number of aryl methyl sites for hydroxylation is 1. The molecule has 0 spiro atoms. The molecule has 3 atom stereocenters. The predicted molar refractivity (Wildman–Crippen MR) is 134 cm³/mol. The number of aromatic nitrogens is 4. The molecule has 0 radical (unpaired) electrons. The Morgan fingerprint density at radius 2 is 2.08 bits per heavy atom. The van der Waals surface area contributed by atoms with E-state index >= 15 is 0 Å². The summed E-state index contributed by atoms with van der Waals surface area (Å²) in [5, 5.41) is 22.0. The van der Waals surface area contributed by atoms with Crippen molar-refractivity contribution in [3.8, 4) is 11.3 Å². The van der Waals surface area contributed by atoms with Crippen LogP contribution in [0.25, 0.3) is 11.3 Å². The Balaban J connectivity index is 1.51. The number of likely N-dealkylation sites (N-methyl/N-ethyl adjacent to an activating group) is 1. The zero-order valence-electron chi connectivity index (χ0n) is 21.5. The van der Waals surface area contributed by atoms with Crippen molar-refractivity contribution in [1.29, 1.82) is 0 Å². The molecular weight excluding hydrogens is 476 g/mol. The van der Waals surface area contributed by atoms with Crippen molar-refractivity contribution in [2.45, 2.75) is 52.0 Å². The number of nitrogens with zero attached hydrogens (tertiary/aromatic N) is 6. The highest BCUT2D eigenvalue weighted by molar-refractivity contribution is 5.93. The van der Waals surface area contributed by atoms with Gasteiger partial charge in [-0.25, -0.2) is 0 Å². The van der Waals surface area contributed by atoms with Gasteiger partial charge in [0.05, 0.1) is 31.6 Å². The van der Waals surface area contributed by atoms with Gasteiger partial charge in [0, 0.05) is 50.7 Å². The molecule has 1 aromatic carbocycles. The first-order chi connectivity index (χ1) is 17.9. The lowest BCUT2D eigenvalue weighted by Crippen LogP contribution is -2.47. The van der Waals surface area contributed by atoms with E-state index in [4.69, 9.17) is 9.26 Å². The van der Waals surface area contributed by atoms with E-state index in [2.05, 4.69) is 15.5 Å². The molecule has 4 rings (SSSR count). The third kappa shape index (κ3) is 6.60. The van der Waals surface area contributed by atoms with E-state index in [-0.39, 0.29) is 49.2 Å². The van der Waals surface area contributed by atoms with Crippen molar-refractivity contribution >= 4 is 11.8 Å². The third-order valence-electron chi connectivity index (χ3n) is 6.63. The summed E-state index contributed by atoms with van der Waals surface area (Å²) in [5.74, 6) is 0.0416. The van der Waals surface area contributed by atoms with Crippen LogP contribution in [0.3, 0.4) is 0 Å². The highest BCUT2D eigenvalue weighted by Gasteiger charge is 2.29. The van der Waals surface area contributed by atoms with Crippen LogP contribution >= 0.6 is 0 Å². The van der Waals surface area contributed by atoms with Crippen molar-refractivity contribution in [3.63, 3.8) is 0 Å². The van der Waals surface area contributed by atoms with Crippen LogP contribution in [-0.2, 0) is 22.7 Å². The molecule has 1 N–H and O–H groups in total. The summed E-state index contributed by atoms with van der Waals surface area (Å²) < 4.78 is 13.3. The minimum absolute atomic E-state index is 0.0350. The van der Waals surface area contributed by atoms with Gasteiger partial charge in [-0.1, -0.05) is 47.6 Å². The molecule has 0 fully saturated rings. The second kappa shape index (κ2) is 12.1. The van der Waals surface area contributed by atoms with Crippen molar-refractivity contribution in [2.75, 3.05) is 26.7 Å². The molecule has 3 aromatic rings. The van der Waals surface area contributed by atoms with Gasteiger partial charge >= 0.3 is 0 Å². The first-order valence-corrected chi connectivity index (χ1v) is 12.5. The number of carbonyl (C=O) groups excluding carboxylic acids is 2. The molecule has 1 aliphatic rings. The second-order valence-electron chi connectivity index (χ2n) is 9.61. The van der Waals surface area contributed by atoms with Gasteiger partial charge in [-0.15, -0.1) is 5.10 Å². The van der Waals surface area contributed by atoms with Crippen LogP contribution in [0.4, 0.5) is 0 Å². The first kappa shape index (κ1) is 26.5. The molecule has 11 nitrogen and oxygen atoms in total. The minimum Gasteiger partial charge on any atom is -0.394 e. The first-order valence-electron chi connectivity index (χ1n) is 12.5. The van der Waals surface area contributed by atoms with Crippen LogP contribution < -0.4 is 0 Å². The number of amides is 2. The third-order valence-corrected chi connectivity index (χ3v) is 6.63. The number of carbonyl (C=O) groups is 2. The Bertz CT molecular complexity index is 1180. The van der Waals surface area contributed by atoms with Gasteiger partial charge in [0.1, 0.15) is 5.69 Å². The number of aliphatic hydroxyl groups excluding tert-OH is 1. The van der Waals surface area contributed by atoms with Crippen LogP contribution in [0.5, 0.6) is 0 Å². The Labute approximate surface area is 216 Å². The number of hydrogen-bond donors (Lipinski definition) is 1. The predicted octanol–water partition coefficient (Wildman–Crippen LogP) is 2.23. The fourth-order valence-electron chi connectivity index (χ4n) is 4.36. The molecule has 2 aromatic heterocycles. The van der Waals surface area contributed by atoms with Crippen molar-refractivity contribution < 1.29 is 24.0 Å². The highest BCUT2D eigenvalue weighted by Crippen LogP contribution is 2.22. The summed E-state index contributed by atoms with van der Waals surface area (Å²) in [4.78, 5) is 29.5. The zero-order valence-corrected chi connectivity index (χ0v) is 21.5. The number of benzene rings is 1. The average Bonchev–Trinajstić information content (AvgIpc) is 3.58. The summed E-state index contributed by atoms with van der Waals surface area (Å²) in [7, 11) is 1.69. The highest BCUT2D eigenvalue weighted by atomic mass is 16.5. The van der Waals surface area contributed by atoms with Gasteiger partial charge in [0.25, 0.3) is 5.91 Å². The van der Waals surface area contributed by atoms with Crippen LogP contribution in [0, 0.1) is 5.92 Å². The molecule has 198 valence electrons. The van der Waals surface area contributed by atoms with Gasteiger partial charge < -0.3 is 24.2 Å². The molecule has 0 saturated carbocycles. The lowest BCUT2D eigenvalue weighted by atomic mass is 10.0. The van der Waals surface area contributed by atoms with Crippen molar-refractivity contribution in [2.24, 2.45) is 5.92 Å². The summed E-state index contributed by atoms with van der Waals surface area (Å²) in [6.45, 7) is 5.11. The Morgan fingerprint density at radius 3 is 2.84 bits per heavy atom. The number of ether oxygens (including phenoxy) is 1. The van der Waals surface area contributed by atoms with E-state index in [0.717, 1.165) is 5.56 Å². The molecule has 0 unspecified atom stereocenters. The van der Waals surface area contributed by atoms with E-state index in [0.29, 0.717) is 37.4 Å². The normalized spacial score (nSPS) is 20.0. The number of aliphatic hydroxyl groups is 1. The topological polar surface area (TPSA) is 127 Å². The van der Waals surface area contributed by atoms with Crippen molar-refractivity contribution in [3.05, 3.63) is 54.0 Å². The molecule has 2 amide bonds. The zero-order chi connectivity index (χ0) is 26.4. The van der Waals surface area contributed by atoms with E-state index in [1.807, 2.05) is 50.4 Å². The Kier molecular flexibility index (Phi) is 8.67. The fourth-order valence-corrected chi connectivity index (χ4v) is 4.36.